The number of esters is 1. The van der Waals surface area contributed by atoms with Crippen molar-refractivity contribution in [3.8, 4) is 5.75 Å². The second-order valence-electron chi connectivity index (χ2n) is 5.83. The Kier molecular flexibility index (Phi) is 7.06. The van der Waals surface area contributed by atoms with Gasteiger partial charge in [-0.2, -0.15) is 0 Å². The summed E-state index contributed by atoms with van der Waals surface area (Å²) >= 11 is 0. The SMILES string of the molecule is CCOC(=O)CN1CCCN(C(=O)C(C)Oc2ccccc2)CC1. The number of carbonyl (C=O) groups is 2. The topological polar surface area (TPSA) is 59.1 Å². The molecule has 1 unspecified atom stereocenters. The van der Waals surface area contributed by atoms with Crippen LogP contribution in [0.25, 0.3) is 0 Å². The zero-order valence-electron chi connectivity index (χ0n) is 14.4. The first-order valence-corrected chi connectivity index (χ1v) is 8.48. The van der Waals surface area contributed by atoms with Crippen molar-refractivity contribution in [1.82, 2.24) is 9.80 Å². The third kappa shape index (κ3) is 5.53. The van der Waals surface area contributed by atoms with Crippen LogP contribution < -0.4 is 4.74 Å². The molecule has 1 aliphatic rings. The average molecular weight is 334 g/mol. The Morgan fingerprint density at radius 1 is 1.12 bits per heavy atom. The molecule has 1 aromatic rings. The molecule has 1 atom stereocenters. The Morgan fingerprint density at radius 2 is 1.88 bits per heavy atom. The Hall–Kier alpha value is -2.08. The minimum absolute atomic E-state index is 0.0168. The van der Waals surface area contributed by atoms with Gasteiger partial charge in [0.2, 0.25) is 0 Å². The van der Waals surface area contributed by atoms with Crippen LogP contribution in [0.5, 0.6) is 5.75 Å². The number of carbonyl (C=O) groups excluding carboxylic acids is 2. The lowest BCUT2D eigenvalue weighted by atomic mass is 10.3. The van der Waals surface area contributed by atoms with E-state index < -0.39 is 6.10 Å². The summed E-state index contributed by atoms with van der Waals surface area (Å²) < 4.78 is 10.7. The first-order chi connectivity index (χ1) is 11.6. The molecule has 1 saturated heterocycles. The normalized spacial score (nSPS) is 17.0. The molecule has 2 rings (SSSR count). The standard InChI is InChI=1S/C18H26N2O4/c1-3-23-17(21)14-19-10-7-11-20(13-12-19)18(22)15(2)24-16-8-5-4-6-9-16/h4-6,8-9,15H,3,7,10-14H2,1-2H3. The monoisotopic (exact) mass is 334 g/mol. The van der Waals surface area contributed by atoms with Crippen molar-refractivity contribution in [1.29, 1.82) is 0 Å². The molecule has 1 heterocycles. The summed E-state index contributed by atoms with van der Waals surface area (Å²) in [7, 11) is 0. The van der Waals surface area contributed by atoms with E-state index in [-0.39, 0.29) is 18.4 Å². The molecule has 6 nitrogen and oxygen atoms in total. The summed E-state index contributed by atoms with van der Waals surface area (Å²) in [5.41, 5.74) is 0. The van der Waals surface area contributed by atoms with E-state index in [9.17, 15) is 9.59 Å². The van der Waals surface area contributed by atoms with E-state index in [1.165, 1.54) is 0 Å². The van der Waals surface area contributed by atoms with Crippen LogP contribution in [0.4, 0.5) is 0 Å². The van der Waals surface area contributed by atoms with Crippen molar-refractivity contribution in [2.45, 2.75) is 26.4 Å². The van der Waals surface area contributed by atoms with E-state index in [0.29, 0.717) is 32.0 Å². The van der Waals surface area contributed by atoms with Gasteiger partial charge in [-0.05, 0) is 32.4 Å². The molecule has 0 radical (unpaired) electrons. The van der Waals surface area contributed by atoms with Crippen LogP contribution in [-0.2, 0) is 14.3 Å². The second kappa shape index (κ2) is 9.27. The number of hydrogen-bond acceptors (Lipinski definition) is 5. The van der Waals surface area contributed by atoms with Crippen molar-refractivity contribution in [3.05, 3.63) is 30.3 Å². The highest BCUT2D eigenvalue weighted by Crippen LogP contribution is 2.13. The van der Waals surface area contributed by atoms with Gasteiger partial charge in [0.1, 0.15) is 5.75 Å². The van der Waals surface area contributed by atoms with Crippen LogP contribution in [0.15, 0.2) is 30.3 Å². The fourth-order valence-electron chi connectivity index (χ4n) is 2.75. The molecule has 0 saturated carbocycles. The maximum Gasteiger partial charge on any atom is 0.320 e. The maximum atomic E-state index is 12.6. The molecule has 0 aliphatic carbocycles. The lowest BCUT2D eigenvalue weighted by Crippen LogP contribution is -2.42. The molecular formula is C18H26N2O4. The summed E-state index contributed by atoms with van der Waals surface area (Å²) in [6.45, 7) is 6.99. The van der Waals surface area contributed by atoms with Gasteiger partial charge in [-0.15, -0.1) is 0 Å². The first kappa shape index (κ1) is 18.3. The molecule has 24 heavy (non-hydrogen) atoms. The molecule has 6 heteroatoms. The van der Waals surface area contributed by atoms with Crippen LogP contribution in [0.3, 0.4) is 0 Å². The highest BCUT2D eigenvalue weighted by molar-refractivity contribution is 5.81. The maximum absolute atomic E-state index is 12.6. The van der Waals surface area contributed by atoms with Crippen LogP contribution in [0, 0.1) is 0 Å². The third-order valence-electron chi connectivity index (χ3n) is 3.96. The van der Waals surface area contributed by atoms with Gasteiger partial charge in [-0.25, -0.2) is 0 Å². The first-order valence-electron chi connectivity index (χ1n) is 8.48. The van der Waals surface area contributed by atoms with E-state index >= 15 is 0 Å². The molecule has 1 aliphatic heterocycles. The summed E-state index contributed by atoms with van der Waals surface area (Å²) in [6.07, 6.45) is 0.312. The van der Waals surface area contributed by atoms with Crippen LogP contribution in [-0.4, -0.2) is 67.1 Å². The van der Waals surface area contributed by atoms with Gasteiger partial charge >= 0.3 is 5.97 Å². The molecule has 0 spiro atoms. The fourth-order valence-corrected chi connectivity index (χ4v) is 2.75. The van der Waals surface area contributed by atoms with Gasteiger partial charge < -0.3 is 14.4 Å². The molecule has 0 N–H and O–H groups in total. The van der Waals surface area contributed by atoms with Crippen LogP contribution >= 0.6 is 0 Å². The zero-order chi connectivity index (χ0) is 17.4. The quantitative estimate of drug-likeness (QED) is 0.739. The van der Waals surface area contributed by atoms with Crippen molar-refractivity contribution in [2.24, 2.45) is 0 Å². The molecule has 1 amide bonds. The van der Waals surface area contributed by atoms with Gasteiger partial charge in [0.15, 0.2) is 6.10 Å². The number of hydrogen-bond donors (Lipinski definition) is 0. The van der Waals surface area contributed by atoms with Gasteiger partial charge in [0, 0.05) is 26.2 Å². The zero-order valence-corrected chi connectivity index (χ0v) is 14.4. The van der Waals surface area contributed by atoms with E-state index in [1.54, 1.807) is 13.8 Å². The predicted molar refractivity (Wildman–Crippen MR) is 90.8 cm³/mol. The molecule has 0 aromatic heterocycles. The van der Waals surface area contributed by atoms with Crippen LogP contribution in [0.1, 0.15) is 20.3 Å². The summed E-state index contributed by atoms with van der Waals surface area (Å²) in [4.78, 5) is 28.0. The van der Waals surface area contributed by atoms with E-state index in [2.05, 4.69) is 0 Å². The van der Waals surface area contributed by atoms with Crippen LogP contribution in [0.2, 0.25) is 0 Å². The van der Waals surface area contributed by atoms with Crippen molar-refractivity contribution in [3.63, 3.8) is 0 Å². The molecule has 132 valence electrons. The Balaban J connectivity index is 1.83. The van der Waals surface area contributed by atoms with Gasteiger partial charge in [-0.3, -0.25) is 14.5 Å². The lowest BCUT2D eigenvalue weighted by Gasteiger charge is -2.25. The Morgan fingerprint density at radius 3 is 2.58 bits per heavy atom. The minimum atomic E-state index is -0.524. The van der Waals surface area contributed by atoms with E-state index in [4.69, 9.17) is 9.47 Å². The number of benzene rings is 1. The molecule has 1 fully saturated rings. The largest absolute Gasteiger partial charge is 0.481 e. The second-order valence-corrected chi connectivity index (χ2v) is 5.83. The van der Waals surface area contributed by atoms with E-state index in [0.717, 1.165) is 13.0 Å². The third-order valence-corrected chi connectivity index (χ3v) is 3.96. The van der Waals surface area contributed by atoms with Gasteiger partial charge in [0.05, 0.1) is 13.2 Å². The molecular weight excluding hydrogens is 308 g/mol. The number of ether oxygens (including phenoxy) is 2. The number of nitrogens with zero attached hydrogens (tertiary/aromatic N) is 2. The van der Waals surface area contributed by atoms with Crippen molar-refractivity contribution < 1.29 is 19.1 Å². The highest BCUT2D eigenvalue weighted by atomic mass is 16.5. The van der Waals surface area contributed by atoms with Gasteiger partial charge in [0.25, 0.3) is 5.91 Å². The summed E-state index contributed by atoms with van der Waals surface area (Å²) in [5, 5.41) is 0. The van der Waals surface area contributed by atoms with Gasteiger partial charge in [-0.1, -0.05) is 18.2 Å². The number of amides is 1. The Bertz CT molecular complexity index is 535. The number of rotatable bonds is 6. The van der Waals surface area contributed by atoms with Crippen molar-refractivity contribution in [2.75, 3.05) is 39.3 Å². The molecule has 1 aromatic carbocycles. The smallest absolute Gasteiger partial charge is 0.320 e. The highest BCUT2D eigenvalue weighted by Gasteiger charge is 2.25. The molecule has 0 bridgehead atoms. The fraction of sp³-hybridized carbons (Fsp3) is 0.556. The van der Waals surface area contributed by atoms with E-state index in [1.807, 2.05) is 40.1 Å². The lowest BCUT2D eigenvalue weighted by molar-refractivity contribution is -0.144. The van der Waals surface area contributed by atoms with Crippen molar-refractivity contribution >= 4 is 11.9 Å². The Labute approximate surface area is 143 Å². The minimum Gasteiger partial charge on any atom is -0.481 e. The number of para-hydroxylation sites is 1. The predicted octanol–water partition coefficient (Wildman–Crippen LogP) is 1.55. The summed E-state index contributed by atoms with van der Waals surface area (Å²) in [5.74, 6) is 0.465. The summed E-state index contributed by atoms with van der Waals surface area (Å²) in [6, 6.07) is 9.35. The average Bonchev–Trinajstić information content (AvgIpc) is 2.81.